The molecule has 0 aliphatic heterocycles. The van der Waals surface area contributed by atoms with Gasteiger partial charge in [-0.05, 0) is 12.1 Å². The molecule has 0 spiro atoms. The Kier molecular flexibility index (Phi) is 1.30. The van der Waals surface area contributed by atoms with Gasteiger partial charge in [-0.1, -0.05) is 0 Å². The molecule has 0 atom stereocenters. The number of nitrogens with one attached hydrogen (secondary N) is 1. The predicted octanol–water partition coefficient (Wildman–Crippen LogP) is 0.261. The van der Waals surface area contributed by atoms with E-state index >= 15 is 0 Å². The second-order valence-corrected chi connectivity index (χ2v) is 2.90. The van der Waals surface area contributed by atoms with E-state index in [0.29, 0.717) is 0 Å². The molecule has 0 aliphatic rings. The van der Waals surface area contributed by atoms with Crippen molar-refractivity contribution in [2.24, 2.45) is 0 Å². The monoisotopic (exact) mass is 147 g/mol. The normalized spacial score (nSPS) is 11.7. The Labute approximate surface area is 52.3 Å². The molecule has 0 bridgehead atoms. The maximum Gasteiger partial charge on any atom is 0.310 e. The minimum Gasteiger partial charge on any atom is -0.350 e. The smallest absolute Gasteiger partial charge is 0.310 e. The first kappa shape index (κ1) is 6.31. The van der Waals surface area contributed by atoms with Crippen molar-refractivity contribution >= 4 is 10.1 Å². The summed E-state index contributed by atoms with van der Waals surface area (Å²) in [6.45, 7) is 0. The zero-order chi connectivity index (χ0) is 6.91. The van der Waals surface area contributed by atoms with E-state index in [2.05, 4.69) is 4.98 Å². The van der Waals surface area contributed by atoms with Gasteiger partial charge in [-0.2, -0.15) is 8.42 Å². The summed E-state index contributed by atoms with van der Waals surface area (Å²) in [5, 5.41) is -0.178. The Balaban J connectivity index is 3.20. The van der Waals surface area contributed by atoms with Crippen LogP contribution in [0.2, 0.25) is 0 Å². The van der Waals surface area contributed by atoms with Crippen LogP contribution in [0.1, 0.15) is 0 Å². The molecule has 50 valence electrons. The van der Waals surface area contributed by atoms with Crippen molar-refractivity contribution in [2.45, 2.75) is 5.03 Å². The molecular formula is C4H5NO3S. The van der Waals surface area contributed by atoms with E-state index < -0.39 is 10.1 Å². The number of hydrogen-bond donors (Lipinski definition) is 2. The molecule has 1 aromatic heterocycles. The van der Waals surface area contributed by atoms with Crippen LogP contribution in [0, 0.1) is 0 Å². The largest absolute Gasteiger partial charge is 0.350 e. The standard InChI is InChI=1S/C4H5NO3S/c6-9(7,8)4-2-1-3-5-4/h1-3,5H,(H,6,7,8). The summed E-state index contributed by atoms with van der Waals surface area (Å²) in [4.78, 5) is 2.34. The Morgan fingerprint density at radius 3 is 2.44 bits per heavy atom. The minimum atomic E-state index is -4.02. The van der Waals surface area contributed by atoms with E-state index in [9.17, 15) is 8.42 Å². The number of rotatable bonds is 1. The molecule has 4 nitrogen and oxygen atoms in total. The van der Waals surface area contributed by atoms with Crippen molar-refractivity contribution in [1.82, 2.24) is 4.98 Å². The molecule has 1 rings (SSSR count). The summed E-state index contributed by atoms with van der Waals surface area (Å²) < 4.78 is 28.8. The zero-order valence-electron chi connectivity index (χ0n) is 4.40. The number of aromatic nitrogens is 1. The number of aromatic amines is 1. The van der Waals surface area contributed by atoms with E-state index in [1.54, 1.807) is 0 Å². The van der Waals surface area contributed by atoms with Crippen LogP contribution in [-0.4, -0.2) is 18.0 Å². The fourth-order valence-corrected chi connectivity index (χ4v) is 0.942. The van der Waals surface area contributed by atoms with Crippen LogP contribution >= 0.6 is 0 Å². The molecule has 0 saturated carbocycles. The maximum absolute atomic E-state index is 10.2. The highest BCUT2D eigenvalue weighted by atomic mass is 32.2. The van der Waals surface area contributed by atoms with Gasteiger partial charge in [0.05, 0.1) is 0 Å². The van der Waals surface area contributed by atoms with Gasteiger partial charge in [0.25, 0.3) is 0 Å². The van der Waals surface area contributed by atoms with Gasteiger partial charge in [0.1, 0.15) is 0 Å². The van der Waals surface area contributed by atoms with Gasteiger partial charge in [-0.15, -0.1) is 0 Å². The molecule has 0 aliphatic carbocycles. The highest BCUT2D eigenvalue weighted by Gasteiger charge is 2.07. The summed E-state index contributed by atoms with van der Waals surface area (Å²) in [7, 11) is -4.02. The molecular weight excluding hydrogens is 142 g/mol. The van der Waals surface area contributed by atoms with Crippen molar-refractivity contribution in [2.75, 3.05) is 0 Å². The molecule has 1 heterocycles. The lowest BCUT2D eigenvalue weighted by Gasteiger charge is -1.86. The van der Waals surface area contributed by atoms with E-state index in [-0.39, 0.29) is 5.03 Å². The molecule has 0 radical (unpaired) electrons. The lowest BCUT2D eigenvalue weighted by atomic mass is 10.7. The zero-order valence-corrected chi connectivity index (χ0v) is 5.22. The number of H-pyrrole nitrogens is 1. The average molecular weight is 147 g/mol. The average Bonchev–Trinajstić information content (AvgIpc) is 2.08. The van der Waals surface area contributed by atoms with Crippen LogP contribution in [0.3, 0.4) is 0 Å². The van der Waals surface area contributed by atoms with Crippen LogP contribution in [0.15, 0.2) is 23.4 Å². The topological polar surface area (TPSA) is 70.2 Å². The second-order valence-electron chi connectivity index (χ2n) is 1.51. The minimum absolute atomic E-state index is 0.178. The van der Waals surface area contributed by atoms with E-state index in [0.717, 1.165) is 0 Å². The lowest BCUT2D eigenvalue weighted by Crippen LogP contribution is -1.96. The predicted molar refractivity (Wildman–Crippen MR) is 30.6 cm³/mol. The molecule has 5 heteroatoms. The van der Waals surface area contributed by atoms with Gasteiger partial charge >= 0.3 is 10.1 Å². The Morgan fingerprint density at radius 1 is 1.56 bits per heavy atom. The summed E-state index contributed by atoms with van der Waals surface area (Å²) >= 11 is 0. The van der Waals surface area contributed by atoms with Crippen molar-refractivity contribution in [1.29, 1.82) is 0 Å². The van der Waals surface area contributed by atoms with Crippen LogP contribution in [-0.2, 0) is 10.1 Å². The van der Waals surface area contributed by atoms with Gasteiger partial charge in [0, 0.05) is 6.20 Å². The molecule has 0 amide bonds. The quantitative estimate of drug-likeness (QED) is 0.560. The first-order chi connectivity index (χ1) is 4.11. The third-order valence-electron chi connectivity index (χ3n) is 0.847. The van der Waals surface area contributed by atoms with E-state index in [1.807, 2.05) is 0 Å². The van der Waals surface area contributed by atoms with Crippen molar-refractivity contribution < 1.29 is 13.0 Å². The highest BCUT2D eigenvalue weighted by molar-refractivity contribution is 7.85. The van der Waals surface area contributed by atoms with Crippen LogP contribution < -0.4 is 0 Å². The Hall–Kier alpha value is -0.810. The van der Waals surface area contributed by atoms with Gasteiger partial charge in [-0.25, -0.2) is 0 Å². The van der Waals surface area contributed by atoms with E-state index in [1.165, 1.54) is 18.3 Å². The van der Waals surface area contributed by atoms with Crippen LogP contribution in [0.5, 0.6) is 0 Å². The van der Waals surface area contributed by atoms with Crippen LogP contribution in [0.25, 0.3) is 0 Å². The highest BCUT2D eigenvalue weighted by Crippen LogP contribution is 2.01. The van der Waals surface area contributed by atoms with Gasteiger partial charge in [0.15, 0.2) is 5.03 Å². The molecule has 0 saturated heterocycles. The molecule has 2 N–H and O–H groups in total. The van der Waals surface area contributed by atoms with Crippen molar-refractivity contribution in [3.63, 3.8) is 0 Å². The first-order valence-electron chi connectivity index (χ1n) is 2.21. The third-order valence-corrected chi connectivity index (χ3v) is 1.66. The SMILES string of the molecule is O=S(=O)(O)c1ccc[nH]1. The summed E-state index contributed by atoms with van der Waals surface area (Å²) in [5.41, 5.74) is 0. The third kappa shape index (κ3) is 1.30. The number of hydrogen-bond acceptors (Lipinski definition) is 2. The lowest BCUT2D eigenvalue weighted by molar-refractivity contribution is 0.480. The Bertz CT molecular complexity index is 273. The second kappa shape index (κ2) is 1.85. The van der Waals surface area contributed by atoms with Crippen molar-refractivity contribution in [3.05, 3.63) is 18.3 Å². The van der Waals surface area contributed by atoms with Gasteiger partial charge < -0.3 is 4.98 Å². The molecule has 0 fully saturated rings. The van der Waals surface area contributed by atoms with Crippen molar-refractivity contribution in [3.8, 4) is 0 Å². The molecule has 9 heavy (non-hydrogen) atoms. The Morgan fingerprint density at radius 2 is 2.22 bits per heavy atom. The summed E-state index contributed by atoms with van der Waals surface area (Å²) in [6, 6.07) is 2.76. The fourth-order valence-electron chi connectivity index (χ4n) is 0.474. The molecule has 0 unspecified atom stereocenters. The van der Waals surface area contributed by atoms with Crippen LogP contribution in [0.4, 0.5) is 0 Å². The molecule has 1 aromatic rings. The summed E-state index contributed by atoms with van der Waals surface area (Å²) in [6.07, 6.45) is 1.42. The van der Waals surface area contributed by atoms with Gasteiger partial charge in [0.2, 0.25) is 0 Å². The maximum atomic E-state index is 10.2. The van der Waals surface area contributed by atoms with E-state index in [4.69, 9.17) is 4.55 Å². The molecule has 0 aromatic carbocycles. The fraction of sp³-hybridized carbons (Fsp3) is 0. The summed E-state index contributed by atoms with van der Waals surface area (Å²) in [5.74, 6) is 0. The first-order valence-corrected chi connectivity index (χ1v) is 3.65. The van der Waals surface area contributed by atoms with Gasteiger partial charge in [-0.3, -0.25) is 4.55 Å².